The largest absolute Gasteiger partial charge is 0.323 e. The highest BCUT2D eigenvalue weighted by molar-refractivity contribution is 9.11. The Morgan fingerprint density at radius 2 is 1.85 bits per heavy atom. The molecule has 0 unspecified atom stereocenters. The number of anilines is 1. The molecule has 1 saturated heterocycles. The molecule has 2 bridgehead atoms. The van der Waals surface area contributed by atoms with E-state index < -0.39 is 0 Å². The van der Waals surface area contributed by atoms with Gasteiger partial charge in [0.15, 0.2) is 0 Å². The van der Waals surface area contributed by atoms with Crippen LogP contribution in [0.2, 0.25) is 0 Å². The first kappa shape index (κ1) is 19.4. The number of carbonyl (C=O) groups is 1. The predicted octanol–water partition coefficient (Wildman–Crippen LogP) is 4.19. The molecule has 2 aliphatic rings. The van der Waals surface area contributed by atoms with Crippen LogP contribution in [-0.2, 0) is 11.3 Å². The maximum Gasteiger partial charge on any atom is 0.250 e. The van der Waals surface area contributed by atoms with Crippen molar-refractivity contribution in [3.8, 4) is 0 Å². The van der Waals surface area contributed by atoms with Crippen molar-refractivity contribution in [3.05, 3.63) is 59.8 Å². The number of nitrogens with zero attached hydrogens (tertiary/aromatic N) is 2. The van der Waals surface area contributed by atoms with Gasteiger partial charge in [-0.3, -0.25) is 14.5 Å². The van der Waals surface area contributed by atoms with E-state index in [-0.39, 0.29) is 11.5 Å². The van der Waals surface area contributed by atoms with E-state index in [4.69, 9.17) is 0 Å². The summed E-state index contributed by atoms with van der Waals surface area (Å²) in [7, 11) is 0. The van der Waals surface area contributed by atoms with Crippen molar-refractivity contribution >= 4 is 59.4 Å². The van der Waals surface area contributed by atoms with Gasteiger partial charge >= 0.3 is 0 Å². The van der Waals surface area contributed by atoms with Gasteiger partial charge in [-0.25, -0.2) is 0 Å². The molecule has 2 aromatic rings. The van der Waals surface area contributed by atoms with Crippen molar-refractivity contribution in [3.63, 3.8) is 0 Å². The molecule has 8 heteroatoms. The van der Waals surface area contributed by atoms with Crippen molar-refractivity contribution in [2.24, 2.45) is 5.92 Å². The van der Waals surface area contributed by atoms with E-state index in [2.05, 4.69) is 58.0 Å². The number of carbonyl (C=O) groups excluding carboxylic acids is 1. The van der Waals surface area contributed by atoms with E-state index in [1.54, 1.807) is 6.07 Å². The number of fused-ring (bicyclic) bond motifs is 4. The average molecular weight is 560 g/mol. The van der Waals surface area contributed by atoms with Gasteiger partial charge in [-0.15, -0.1) is 0 Å². The Morgan fingerprint density at radius 3 is 2.59 bits per heavy atom. The summed E-state index contributed by atoms with van der Waals surface area (Å²) >= 11 is 10.4. The second-order valence-electron chi connectivity index (χ2n) is 7.18. The monoisotopic (exact) mass is 557 g/mol. The van der Waals surface area contributed by atoms with Crippen molar-refractivity contribution in [2.75, 3.05) is 25.0 Å². The molecular weight excluding hydrogens is 542 g/mol. The maximum absolute atomic E-state index is 12.6. The smallest absolute Gasteiger partial charge is 0.250 e. The minimum Gasteiger partial charge on any atom is -0.323 e. The van der Waals surface area contributed by atoms with Gasteiger partial charge in [0.1, 0.15) is 0 Å². The number of pyridine rings is 1. The van der Waals surface area contributed by atoms with Crippen LogP contribution >= 0.6 is 47.8 Å². The van der Waals surface area contributed by atoms with E-state index in [0.717, 1.165) is 50.9 Å². The molecule has 142 valence electrons. The SMILES string of the molecule is O=C(CN1C[C@H]2C[C@H](C1)c1cccc(=O)n1C2)Nc1c(Br)cc(Br)cc1Br. The summed E-state index contributed by atoms with van der Waals surface area (Å²) in [5.74, 6) is 0.685. The summed E-state index contributed by atoms with van der Waals surface area (Å²) in [6, 6.07) is 9.31. The van der Waals surface area contributed by atoms with Crippen LogP contribution in [0.1, 0.15) is 18.0 Å². The van der Waals surface area contributed by atoms with Gasteiger partial charge in [0.25, 0.3) is 5.56 Å². The third-order valence-electron chi connectivity index (χ3n) is 5.19. The minimum absolute atomic E-state index is 0.0378. The fourth-order valence-electron chi connectivity index (χ4n) is 4.17. The molecule has 0 spiro atoms. The van der Waals surface area contributed by atoms with Gasteiger partial charge in [0.2, 0.25) is 5.91 Å². The zero-order valence-corrected chi connectivity index (χ0v) is 19.2. The lowest BCUT2D eigenvalue weighted by Crippen LogP contribution is -2.49. The number of rotatable bonds is 3. The van der Waals surface area contributed by atoms with Crippen LogP contribution in [0.25, 0.3) is 0 Å². The summed E-state index contributed by atoms with van der Waals surface area (Å²) in [4.78, 5) is 27.0. The van der Waals surface area contributed by atoms with Crippen LogP contribution in [0.3, 0.4) is 0 Å². The molecule has 1 fully saturated rings. The van der Waals surface area contributed by atoms with Crippen LogP contribution in [-0.4, -0.2) is 35.0 Å². The number of piperidine rings is 1. The van der Waals surface area contributed by atoms with Gasteiger partial charge in [0.05, 0.1) is 12.2 Å². The Balaban J connectivity index is 1.46. The maximum atomic E-state index is 12.6. The fourth-order valence-corrected chi connectivity index (χ4v) is 6.63. The van der Waals surface area contributed by atoms with E-state index >= 15 is 0 Å². The Hall–Kier alpha value is -0.960. The first-order valence-corrected chi connectivity index (χ1v) is 11.1. The molecule has 1 N–H and O–H groups in total. The topological polar surface area (TPSA) is 54.3 Å². The first-order valence-electron chi connectivity index (χ1n) is 8.77. The number of hydrogen-bond acceptors (Lipinski definition) is 3. The number of aromatic nitrogens is 1. The molecule has 3 heterocycles. The minimum atomic E-state index is -0.0378. The summed E-state index contributed by atoms with van der Waals surface area (Å²) in [6.45, 7) is 2.73. The molecule has 0 aliphatic carbocycles. The highest BCUT2D eigenvalue weighted by atomic mass is 79.9. The Bertz CT molecular complexity index is 936. The van der Waals surface area contributed by atoms with Gasteiger partial charge < -0.3 is 9.88 Å². The summed E-state index contributed by atoms with van der Waals surface area (Å²) in [6.07, 6.45) is 1.09. The lowest BCUT2D eigenvalue weighted by Gasteiger charge is -2.42. The Morgan fingerprint density at radius 1 is 1.11 bits per heavy atom. The first-order chi connectivity index (χ1) is 12.9. The molecule has 2 atom stereocenters. The molecule has 1 aromatic heterocycles. The van der Waals surface area contributed by atoms with Crippen LogP contribution < -0.4 is 10.9 Å². The highest BCUT2D eigenvalue weighted by Crippen LogP contribution is 2.36. The van der Waals surface area contributed by atoms with Crippen molar-refractivity contribution in [1.29, 1.82) is 0 Å². The third kappa shape index (κ3) is 4.09. The number of likely N-dealkylation sites (tertiary alicyclic amines) is 1. The zero-order valence-electron chi connectivity index (χ0n) is 14.4. The quantitative estimate of drug-likeness (QED) is 0.613. The second kappa shape index (κ2) is 7.81. The molecule has 0 radical (unpaired) electrons. The fraction of sp³-hybridized carbons (Fsp3) is 0.368. The van der Waals surface area contributed by atoms with Gasteiger partial charge in [-0.1, -0.05) is 22.0 Å². The molecule has 5 nitrogen and oxygen atoms in total. The lowest BCUT2D eigenvalue weighted by molar-refractivity contribution is -0.118. The molecule has 27 heavy (non-hydrogen) atoms. The van der Waals surface area contributed by atoms with E-state index in [1.807, 2.05) is 28.8 Å². The lowest BCUT2D eigenvalue weighted by atomic mass is 9.83. The molecule has 4 rings (SSSR count). The molecule has 0 saturated carbocycles. The van der Waals surface area contributed by atoms with Crippen LogP contribution in [0.4, 0.5) is 5.69 Å². The molecular formula is C19H18Br3N3O2. The Kier molecular flexibility index (Phi) is 5.60. The highest BCUT2D eigenvalue weighted by Gasteiger charge is 2.35. The normalized spacial score (nSPS) is 21.6. The van der Waals surface area contributed by atoms with Crippen molar-refractivity contribution < 1.29 is 4.79 Å². The number of hydrogen-bond donors (Lipinski definition) is 1. The van der Waals surface area contributed by atoms with E-state index in [1.165, 1.54) is 0 Å². The summed E-state index contributed by atoms with van der Waals surface area (Å²) in [5.41, 5.74) is 1.91. The van der Waals surface area contributed by atoms with E-state index in [9.17, 15) is 9.59 Å². The van der Waals surface area contributed by atoms with Crippen LogP contribution in [0, 0.1) is 5.92 Å². The summed E-state index contributed by atoms with van der Waals surface area (Å²) in [5, 5.41) is 3.00. The summed E-state index contributed by atoms with van der Waals surface area (Å²) < 4.78 is 4.48. The number of nitrogens with one attached hydrogen (secondary N) is 1. The van der Waals surface area contributed by atoms with Crippen molar-refractivity contribution in [1.82, 2.24) is 9.47 Å². The average Bonchev–Trinajstić information content (AvgIpc) is 2.59. The predicted molar refractivity (Wildman–Crippen MR) is 116 cm³/mol. The van der Waals surface area contributed by atoms with Gasteiger partial charge in [0, 0.05) is 50.7 Å². The zero-order chi connectivity index (χ0) is 19.1. The van der Waals surface area contributed by atoms with E-state index in [0.29, 0.717) is 18.4 Å². The molecule has 2 aliphatic heterocycles. The van der Waals surface area contributed by atoms with Crippen LogP contribution in [0.15, 0.2) is 48.5 Å². The second-order valence-corrected chi connectivity index (χ2v) is 9.81. The number of amides is 1. The molecule has 1 aromatic carbocycles. The number of halogens is 3. The Labute approximate surface area is 182 Å². The third-order valence-corrected chi connectivity index (χ3v) is 6.90. The van der Waals surface area contributed by atoms with Gasteiger partial charge in [-0.05, 0) is 62.4 Å². The van der Waals surface area contributed by atoms with Crippen LogP contribution in [0.5, 0.6) is 0 Å². The molecule has 1 amide bonds. The van der Waals surface area contributed by atoms with Gasteiger partial charge in [-0.2, -0.15) is 0 Å². The van der Waals surface area contributed by atoms with Crippen molar-refractivity contribution in [2.45, 2.75) is 18.9 Å². The number of benzene rings is 1. The standard InChI is InChI=1S/C19H18Br3N3O2/c20-13-5-14(21)19(15(22)6-13)23-17(26)10-24-7-11-4-12(9-24)16-2-1-3-18(27)25(16)8-11/h1-3,5-6,11-12H,4,7-10H2,(H,23,26)/t11-,12-/m1/s1.